The summed E-state index contributed by atoms with van der Waals surface area (Å²) in [6.45, 7) is 5.74. The molecule has 5 heteroatoms. The van der Waals surface area contributed by atoms with Crippen molar-refractivity contribution in [2.75, 3.05) is 26.2 Å². The predicted molar refractivity (Wildman–Crippen MR) is 106 cm³/mol. The summed E-state index contributed by atoms with van der Waals surface area (Å²) >= 11 is 0. The van der Waals surface area contributed by atoms with E-state index in [1.165, 1.54) is 5.56 Å². The quantitative estimate of drug-likeness (QED) is 0.837. The fourth-order valence-corrected chi connectivity index (χ4v) is 5.56. The standard InChI is InChI=1S/C23H28N2O3/c1-16-9-12-27-21(16)22(26)24-13-18-19-14-25(11-8-17-5-3-2-4-6-17)15-23(19)10-7-20(18)28-23/h2-6,9,12,18-20H,7-8,10-11,13-15H2,1H3,(H,24,26)/t18-,19+,20+,23+/m0/s1. The number of aryl methyl sites for hydroxylation is 1. The number of hydrogen-bond acceptors (Lipinski definition) is 4. The molecule has 3 fully saturated rings. The van der Waals surface area contributed by atoms with Crippen molar-refractivity contribution in [3.05, 3.63) is 59.5 Å². The fraction of sp³-hybridized carbons (Fsp3) is 0.522. The zero-order valence-corrected chi connectivity index (χ0v) is 16.4. The number of nitrogens with one attached hydrogen (secondary N) is 1. The highest BCUT2D eigenvalue weighted by Crippen LogP contribution is 2.54. The van der Waals surface area contributed by atoms with E-state index in [2.05, 4.69) is 40.5 Å². The van der Waals surface area contributed by atoms with Crippen molar-refractivity contribution >= 4 is 5.91 Å². The van der Waals surface area contributed by atoms with Gasteiger partial charge < -0.3 is 14.5 Å². The third-order valence-electron chi connectivity index (χ3n) is 6.98. The minimum Gasteiger partial charge on any atom is -0.459 e. The molecular weight excluding hydrogens is 352 g/mol. The number of benzene rings is 1. The van der Waals surface area contributed by atoms with Gasteiger partial charge >= 0.3 is 0 Å². The van der Waals surface area contributed by atoms with Crippen LogP contribution >= 0.6 is 0 Å². The van der Waals surface area contributed by atoms with E-state index in [1.54, 1.807) is 6.26 Å². The summed E-state index contributed by atoms with van der Waals surface area (Å²) in [6, 6.07) is 12.5. The maximum Gasteiger partial charge on any atom is 0.287 e. The Kier molecular flexibility index (Phi) is 4.52. The van der Waals surface area contributed by atoms with Crippen LogP contribution in [0.1, 0.15) is 34.5 Å². The van der Waals surface area contributed by atoms with Crippen molar-refractivity contribution in [3.8, 4) is 0 Å². The zero-order valence-electron chi connectivity index (χ0n) is 16.4. The summed E-state index contributed by atoms with van der Waals surface area (Å²) in [6.07, 6.45) is 5.21. The lowest BCUT2D eigenvalue weighted by molar-refractivity contribution is 0.00285. The van der Waals surface area contributed by atoms with Crippen molar-refractivity contribution in [3.63, 3.8) is 0 Å². The molecule has 2 bridgehead atoms. The number of amides is 1. The van der Waals surface area contributed by atoms with Gasteiger partial charge in [0, 0.05) is 43.6 Å². The lowest BCUT2D eigenvalue weighted by Gasteiger charge is -2.29. The lowest BCUT2D eigenvalue weighted by atomic mass is 9.73. The van der Waals surface area contributed by atoms with Gasteiger partial charge in [-0.1, -0.05) is 30.3 Å². The number of likely N-dealkylation sites (tertiary alicyclic amines) is 1. The number of rotatable bonds is 6. The summed E-state index contributed by atoms with van der Waals surface area (Å²) < 4.78 is 11.8. The van der Waals surface area contributed by atoms with Crippen LogP contribution in [0.3, 0.4) is 0 Å². The molecule has 4 atom stereocenters. The SMILES string of the molecule is Cc1ccoc1C(=O)NC[C@H]1[C@H]2CN(CCc3ccccc3)C[C@]23CC[C@H]1O3. The fourth-order valence-electron chi connectivity index (χ4n) is 5.56. The average Bonchev–Trinajstić information content (AvgIpc) is 3.45. The van der Waals surface area contributed by atoms with Crippen LogP contribution in [0.25, 0.3) is 0 Å². The number of fused-ring (bicyclic) bond motifs is 1. The van der Waals surface area contributed by atoms with E-state index in [-0.39, 0.29) is 11.5 Å². The van der Waals surface area contributed by atoms with Crippen LogP contribution in [0.15, 0.2) is 47.1 Å². The van der Waals surface area contributed by atoms with Gasteiger partial charge in [-0.25, -0.2) is 0 Å². The predicted octanol–water partition coefficient (Wildman–Crippen LogP) is 3.04. The molecule has 1 amide bonds. The molecule has 0 aliphatic carbocycles. The van der Waals surface area contributed by atoms with Crippen molar-refractivity contribution in [2.45, 2.75) is 37.9 Å². The van der Waals surface area contributed by atoms with E-state index >= 15 is 0 Å². The second-order valence-corrected chi connectivity index (χ2v) is 8.64. The molecule has 1 aromatic carbocycles. The van der Waals surface area contributed by atoms with Gasteiger partial charge in [0.15, 0.2) is 5.76 Å². The Morgan fingerprint density at radius 3 is 2.93 bits per heavy atom. The maximum atomic E-state index is 12.4. The van der Waals surface area contributed by atoms with Crippen molar-refractivity contribution in [1.29, 1.82) is 0 Å². The molecule has 0 radical (unpaired) electrons. The van der Waals surface area contributed by atoms with Crippen LogP contribution in [-0.4, -0.2) is 48.7 Å². The molecule has 148 valence electrons. The molecule has 5 nitrogen and oxygen atoms in total. The van der Waals surface area contributed by atoms with Crippen LogP contribution in [0, 0.1) is 18.8 Å². The second-order valence-electron chi connectivity index (χ2n) is 8.64. The van der Waals surface area contributed by atoms with E-state index in [0.717, 1.165) is 44.5 Å². The number of carbonyl (C=O) groups excluding carboxylic acids is 1. The lowest BCUT2D eigenvalue weighted by Crippen LogP contribution is -2.41. The molecule has 1 aromatic heterocycles. The van der Waals surface area contributed by atoms with E-state index in [0.29, 0.717) is 30.2 Å². The molecule has 28 heavy (non-hydrogen) atoms. The van der Waals surface area contributed by atoms with Crippen LogP contribution in [0.4, 0.5) is 0 Å². The van der Waals surface area contributed by atoms with Crippen molar-refractivity contribution in [2.24, 2.45) is 11.8 Å². The molecular formula is C23H28N2O3. The summed E-state index contributed by atoms with van der Waals surface area (Å²) in [5.41, 5.74) is 2.28. The zero-order chi connectivity index (χ0) is 19.1. The monoisotopic (exact) mass is 380 g/mol. The third kappa shape index (κ3) is 3.07. The van der Waals surface area contributed by atoms with Gasteiger partial charge in [0.1, 0.15) is 0 Å². The molecule has 3 aliphatic rings. The Bertz CT molecular complexity index is 849. The van der Waals surface area contributed by atoms with Gasteiger partial charge in [0.2, 0.25) is 0 Å². The van der Waals surface area contributed by atoms with Crippen LogP contribution in [-0.2, 0) is 11.2 Å². The summed E-state index contributed by atoms with van der Waals surface area (Å²) in [5, 5.41) is 3.10. The molecule has 0 unspecified atom stereocenters. The minimum absolute atomic E-state index is 0.0113. The Balaban J connectivity index is 1.21. The Hall–Kier alpha value is -2.11. The highest BCUT2D eigenvalue weighted by Gasteiger charge is 2.62. The van der Waals surface area contributed by atoms with Crippen molar-refractivity contribution in [1.82, 2.24) is 10.2 Å². The van der Waals surface area contributed by atoms with Crippen LogP contribution < -0.4 is 5.32 Å². The average molecular weight is 380 g/mol. The topological polar surface area (TPSA) is 54.7 Å². The first-order valence-corrected chi connectivity index (χ1v) is 10.4. The Labute approximate surface area is 166 Å². The van der Waals surface area contributed by atoms with Gasteiger partial charge in [-0.05, 0) is 37.8 Å². The largest absolute Gasteiger partial charge is 0.459 e. The smallest absolute Gasteiger partial charge is 0.287 e. The summed E-state index contributed by atoms with van der Waals surface area (Å²) in [4.78, 5) is 15.0. The maximum absolute atomic E-state index is 12.4. The number of carbonyl (C=O) groups is 1. The molecule has 3 saturated heterocycles. The van der Waals surface area contributed by atoms with E-state index in [9.17, 15) is 4.79 Å². The van der Waals surface area contributed by atoms with E-state index in [1.807, 2.05) is 13.0 Å². The molecule has 3 aliphatic heterocycles. The highest BCUT2D eigenvalue weighted by molar-refractivity contribution is 5.92. The van der Waals surface area contributed by atoms with Crippen molar-refractivity contribution < 1.29 is 13.9 Å². The first-order chi connectivity index (χ1) is 13.6. The third-order valence-corrected chi connectivity index (χ3v) is 6.98. The Morgan fingerprint density at radius 2 is 2.14 bits per heavy atom. The second kappa shape index (κ2) is 7.05. The molecule has 1 spiro atoms. The molecule has 1 N–H and O–H groups in total. The summed E-state index contributed by atoms with van der Waals surface area (Å²) in [7, 11) is 0. The number of hydrogen-bond donors (Lipinski definition) is 1. The van der Waals surface area contributed by atoms with Crippen LogP contribution in [0.5, 0.6) is 0 Å². The van der Waals surface area contributed by atoms with Gasteiger partial charge in [0.05, 0.1) is 18.0 Å². The first-order valence-electron chi connectivity index (χ1n) is 10.4. The molecule has 0 saturated carbocycles. The number of ether oxygens (including phenoxy) is 1. The van der Waals surface area contributed by atoms with Crippen LogP contribution in [0.2, 0.25) is 0 Å². The van der Waals surface area contributed by atoms with E-state index < -0.39 is 0 Å². The van der Waals surface area contributed by atoms with E-state index in [4.69, 9.17) is 9.15 Å². The summed E-state index contributed by atoms with van der Waals surface area (Å²) in [5.74, 6) is 1.22. The van der Waals surface area contributed by atoms with Gasteiger partial charge in [-0.2, -0.15) is 0 Å². The minimum atomic E-state index is -0.113. The first kappa shape index (κ1) is 18.0. The molecule has 5 rings (SSSR count). The molecule has 2 aromatic rings. The van der Waals surface area contributed by atoms with Gasteiger partial charge in [-0.15, -0.1) is 0 Å². The Morgan fingerprint density at radius 1 is 1.29 bits per heavy atom. The highest BCUT2D eigenvalue weighted by atomic mass is 16.5. The van der Waals surface area contributed by atoms with Gasteiger partial charge in [-0.3, -0.25) is 9.69 Å². The normalized spacial score (nSPS) is 31.2. The van der Waals surface area contributed by atoms with Gasteiger partial charge in [0.25, 0.3) is 5.91 Å². The number of furan rings is 1. The number of nitrogens with zero attached hydrogens (tertiary/aromatic N) is 1. The molecule has 4 heterocycles.